The Kier molecular flexibility index (Phi) is 5.61. The molecule has 0 saturated heterocycles. The number of nitrogens with one attached hydrogen (secondary N) is 1. The Morgan fingerprint density at radius 1 is 1.23 bits per heavy atom. The number of carbonyl (C=O) groups is 1. The minimum Gasteiger partial charge on any atom is -0.497 e. The third-order valence-corrected chi connectivity index (χ3v) is 4.03. The highest BCUT2D eigenvalue weighted by atomic mass is 16.5. The molecule has 3 rings (SSSR count). The molecular formula is C21H20N2O3. The van der Waals surface area contributed by atoms with Gasteiger partial charge in [0.05, 0.1) is 18.7 Å². The van der Waals surface area contributed by atoms with Crippen molar-refractivity contribution in [3.63, 3.8) is 0 Å². The molecule has 1 heterocycles. The largest absolute Gasteiger partial charge is 0.497 e. The Bertz CT molecular complexity index is 932. The number of pyridine rings is 1. The van der Waals surface area contributed by atoms with Gasteiger partial charge >= 0.3 is 0 Å². The van der Waals surface area contributed by atoms with E-state index in [9.17, 15) is 9.90 Å². The molecule has 0 fully saturated rings. The van der Waals surface area contributed by atoms with E-state index in [0.717, 1.165) is 16.5 Å². The van der Waals surface area contributed by atoms with Crippen LogP contribution >= 0.6 is 0 Å². The van der Waals surface area contributed by atoms with Crippen LogP contribution in [0, 0.1) is 0 Å². The third kappa shape index (κ3) is 4.26. The summed E-state index contributed by atoms with van der Waals surface area (Å²) in [6.07, 6.45) is 4.09. The fourth-order valence-corrected chi connectivity index (χ4v) is 2.65. The van der Waals surface area contributed by atoms with E-state index >= 15 is 0 Å². The highest BCUT2D eigenvalue weighted by Gasteiger charge is 2.09. The van der Waals surface area contributed by atoms with Crippen LogP contribution in [0.25, 0.3) is 17.0 Å². The van der Waals surface area contributed by atoms with Crippen molar-refractivity contribution in [3.8, 4) is 5.75 Å². The number of fused-ring (bicyclic) bond motifs is 1. The van der Waals surface area contributed by atoms with Crippen molar-refractivity contribution < 1.29 is 14.6 Å². The quantitative estimate of drug-likeness (QED) is 0.672. The number of amides is 1. The lowest BCUT2D eigenvalue weighted by atomic mass is 10.1. The van der Waals surface area contributed by atoms with Crippen LogP contribution in [0.2, 0.25) is 0 Å². The summed E-state index contributed by atoms with van der Waals surface area (Å²) in [5.74, 6) is 0.385. The number of hydrogen-bond donors (Lipinski definition) is 2. The van der Waals surface area contributed by atoms with E-state index in [-0.39, 0.29) is 12.5 Å². The number of para-hydroxylation sites is 1. The zero-order valence-corrected chi connectivity index (χ0v) is 14.4. The normalized spacial score (nSPS) is 12.2. The monoisotopic (exact) mass is 348 g/mol. The summed E-state index contributed by atoms with van der Waals surface area (Å²) < 4.78 is 5.14. The lowest BCUT2D eigenvalue weighted by Crippen LogP contribution is -2.26. The SMILES string of the molecule is COc1cccc(C(O)CNC(=O)/C=C/c2cccc3cccnc23)c1. The number of carbonyl (C=O) groups excluding carboxylic acids is 1. The van der Waals surface area contributed by atoms with Crippen LogP contribution in [0.5, 0.6) is 5.75 Å². The molecule has 1 aromatic heterocycles. The first-order valence-electron chi connectivity index (χ1n) is 8.29. The predicted molar refractivity (Wildman–Crippen MR) is 102 cm³/mol. The van der Waals surface area contributed by atoms with E-state index in [1.54, 1.807) is 43.6 Å². The average Bonchev–Trinajstić information content (AvgIpc) is 2.70. The minimum atomic E-state index is -0.804. The molecule has 5 nitrogen and oxygen atoms in total. The summed E-state index contributed by atoms with van der Waals surface area (Å²) in [6, 6.07) is 16.8. The predicted octanol–water partition coefficient (Wildman–Crippen LogP) is 3.11. The van der Waals surface area contributed by atoms with Crippen LogP contribution in [0.1, 0.15) is 17.2 Å². The molecule has 1 atom stereocenters. The van der Waals surface area contributed by atoms with Gasteiger partial charge in [0, 0.05) is 29.8 Å². The molecule has 132 valence electrons. The Morgan fingerprint density at radius 3 is 2.88 bits per heavy atom. The lowest BCUT2D eigenvalue weighted by Gasteiger charge is -2.12. The zero-order valence-electron chi connectivity index (χ0n) is 14.4. The molecule has 0 aliphatic rings. The Morgan fingerprint density at radius 2 is 2.04 bits per heavy atom. The van der Waals surface area contributed by atoms with Crippen LogP contribution in [-0.2, 0) is 4.79 Å². The maximum absolute atomic E-state index is 12.1. The minimum absolute atomic E-state index is 0.115. The molecule has 0 bridgehead atoms. The van der Waals surface area contributed by atoms with E-state index in [2.05, 4.69) is 10.3 Å². The summed E-state index contributed by atoms with van der Waals surface area (Å²) in [4.78, 5) is 16.4. The molecule has 1 amide bonds. The van der Waals surface area contributed by atoms with E-state index < -0.39 is 6.10 Å². The van der Waals surface area contributed by atoms with E-state index in [0.29, 0.717) is 11.3 Å². The number of benzene rings is 2. The van der Waals surface area contributed by atoms with Crippen molar-refractivity contribution in [1.82, 2.24) is 10.3 Å². The van der Waals surface area contributed by atoms with Gasteiger partial charge in [-0.15, -0.1) is 0 Å². The number of hydrogen-bond acceptors (Lipinski definition) is 4. The van der Waals surface area contributed by atoms with Gasteiger partial charge in [-0.25, -0.2) is 0 Å². The molecule has 0 aliphatic carbocycles. The number of aromatic nitrogens is 1. The Labute approximate surface area is 152 Å². The average molecular weight is 348 g/mol. The van der Waals surface area contributed by atoms with Crippen LogP contribution in [0.4, 0.5) is 0 Å². The number of ether oxygens (including phenoxy) is 1. The Balaban J connectivity index is 1.62. The third-order valence-electron chi connectivity index (χ3n) is 4.03. The molecule has 1 unspecified atom stereocenters. The van der Waals surface area contributed by atoms with E-state index in [1.807, 2.05) is 30.3 Å². The maximum atomic E-state index is 12.1. The second-order valence-corrected chi connectivity index (χ2v) is 5.79. The van der Waals surface area contributed by atoms with Gasteiger partial charge in [0.15, 0.2) is 0 Å². The van der Waals surface area contributed by atoms with Crippen molar-refractivity contribution in [2.75, 3.05) is 13.7 Å². The highest BCUT2D eigenvalue weighted by Crippen LogP contribution is 2.19. The number of aliphatic hydroxyl groups is 1. The Hall–Kier alpha value is -3.18. The van der Waals surface area contributed by atoms with Crippen molar-refractivity contribution in [2.45, 2.75) is 6.10 Å². The first kappa shape index (κ1) is 17.6. The molecule has 0 saturated carbocycles. The first-order valence-corrected chi connectivity index (χ1v) is 8.29. The molecular weight excluding hydrogens is 328 g/mol. The summed E-state index contributed by atoms with van der Waals surface area (Å²) >= 11 is 0. The number of nitrogens with zero attached hydrogens (tertiary/aromatic N) is 1. The van der Waals surface area contributed by atoms with Crippen LogP contribution in [0.3, 0.4) is 0 Å². The van der Waals surface area contributed by atoms with Crippen molar-refractivity contribution >= 4 is 22.9 Å². The van der Waals surface area contributed by atoms with Crippen molar-refractivity contribution in [3.05, 3.63) is 78.0 Å². The second kappa shape index (κ2) is 8.27. The fraction of sp³-hybridized carbons (Fsp3) is 0.143. The number of rotatable bonds is 6. The molecule has 0 radical (unpaired) electrons. The molecule has 2 aromatic carbocycles. The maximum Gasteiger partial charge on any atom is 0.244 e. The first-order chi connectivity index (χ1) is 12.7. The van der Waals surface area contributed by atoms with E-state index in [1.165, 1.54) is 6.08 Å². The number of methoxy groups -OCH3 is 1. The summed E-state index contributed by atoms with van der Waals surface area (Å²) in [7, 11) is 1.57. The van der Waals surface area contributed by atoms with Gasteiger partial charge in [-0.2, -0.15) is 0 Å². The van der Waals surface area contributed by atoms with Gasteiger partial charge in [-0.1, -0.05) is 36.4 Å². The molecule has 2 N–H and O–H groups in total. The lowest BCUT2D eigenvalue weighted by molar-refractivity contribution is -0.116. The van der Waals surface area contributed by atoms with Gasteiger partial charge in [0.1, 0.15) is 5.75 Å². The van der Waals surface area contributed by atoms with Gasteiger partial charge in [-0.05, 0) is 29.8 Å². The summed E-state index contributed by atoms with van der Waals surface area (Å²) in [5.41, 5.74) is 2.40. The number of aliphatic hydroxyl groups excluding tert-OH is 1. The standard InChI is InChI=1S/C21H20N2O3/c1-26-18-9-3-7-17(13-18)19(24)14-23-20(25)11-10-16-6-2-5-15-8-4-12-22-21(15)16/h2-13,19,24H,14H2,1H3,(H,23,25)/b11-10+. The van der Waals surface area contributed by atoms with Crippen molar-refractivity contribution in [1.29, 1.82) is 0 Å². The fourth-order valence-electron chi connectivity index (χ4n) is 2.65. The van der Waals surface area contributed by atoms with Gasteiger partial charge < -0.3 is 15.2 Å². The molecule has 26 heavy (non-hydrogen) atoms. The van der Waals surface area contributed by atoms with Crippen LogP contribution < -0.4 is 10.1 Å². The summed E-state index contributed by atoms with van der Waals surface area (Å²) in [5, 5.41) is 13.9. The zero-order chi connectivity index (χ0) is 18.4. The molecule has 5 heteroatoms. The van der Waals surface area contributed by atoms with E-state index in [4.69, 9.17) is 4.74 Å². The molecule has 3 aromatic rings. The van der Waals surface area contributed by atoms with Gasteiger partial charge in [-0.3, -0.25) is 9.78 Å². The smallest absolute Gasteiger partial charge is 0.244 e. The highest BCUT2D eigenvalue weighted by molar-refractivity contribution is 5.95. The van der Waals surface area contributed by atoms with Gasteiger partial charge in [0.25, 0.3) is 0 Å². The van der Waals surface area contributed by atoms with Gasteiger partial charge in [0.2, 0.25) is 5.91 Å². The van der Waals surface area contributed by atoms with Crippen LogP contribution in [0.15, 0.2) is 66.9 Å². The van der Waals surface area contributed by atoms with Crippen LogP contribution in [-0.4, -0.2) is 29.7 Å². The van der Waals surface area contributed by atoms with Crippen molar-refractivity contribution in [2.24, 2.45) is 0 Å². The topological polar surface area (TPSA) is 71.5 Å². The second-order valence-electron chi connectivity index (χ2n) is 5.79. The summed E-state index contributed by atoms with van der Waals surface area (Å²) in [6.45, 7) is 0.115. The molecule has 0 aliphatic heterocycles. The molecule has 0 spiro atoms.